The third kappa shape index (κ3) is 5.17. The largest absolute Gasteiger partial charge is 0.273 e. The summed E-state index contributed by atoms with van der Waals surface area (Å²) in [7, 11) is 0. The van der Waals surface area contributed by atoms with Gasteiger partial charge in [-0.3, -0.25) is 4.79 Å². The van der Waals surface area contributed by atoms with Gasteiger partial charge >= 0.3 is 0 Å². The lowest BCUT2D eigenvalue weighted by atomic mass is 10.1. The average molecular weight is 294 g/mol. The van der Waals surface area contributed by atoms with Gasteiger partial charge in [0.2, 0.25) is 5.91 Å². The number of aryl methyl sites for hydroxylation is 1. The maximum Gasteiger partial charge on any atom is 0.240 e. The highest BCUT2D eigenvalue weighted by Crippen LogP contribution is 2.05. The van der Waals surface area contributed by atoms with Crippen LogP contribution in [0.5, 0.6) is 0 Å². The van der Waals surface area contributed by atoms with E-state index in [9.17, 15) is 4.79 Å². The molecule has 1 amide bonds. The van der Waals surface area contributed by atoms with E-state index in [1.54, 1.807) is 0 Å². The van der Waals surface area contributed by atoms with Gasteiger partial charge in [0.1, 0.15) is 0 Å². The van der Waals surface area contributed by atoms with Crippen molar-refractivity contribution in [3.8, 4) is 0 Å². The number of hydrogen-bond acceptors (Lipinski definition) is 2. The zero-order valence-corrected chi connectivity index (χ0v) is 13.0. The van der Waals surface area contributed by atoms with Crippen molar-refractivity contribution in [1.29, 1.82) is 0 Å². The Bertz CT molecular complexity index is 606. The van der Waals surface area contributed by atoms with Gasteiger partial charge in [-0.1, -0.05) is 67.6 Å². The zero-order valence-electron chi connectivity index (χ0n) is 13.0. The van der Waals surface area contributed by atoms with E-state index >= 15 is 0 Å². The Kier molecular flexibility index (Phi) is 6.37. The Morgan fingerprint density at radius 2 is 1.64 bits per heavy atom. The summed E-state index contributed by atoms with van der Waals surface area (Å²) in [6.45, 7) is 2.04. The quantitative estimate of drug-likeness (QED) is 0.610. The minimum Gasteiger partial charge on any atom is -0.273 e. The van der Waals surface area contributed by atoms with Gasteiger partial charge in [0, 0.05) is 6.42 Å². The molecule has 0 aliphatic carbocycles. The van der Waals surface area contributed by atoms with Crippen LogP contribution in [0.2, 0.25) is 0 Å². The molecule has 0 aliphatic rings. The molecule has 0 radical (unpaired) electrons. The predicted octanol–water partition coefficient (Wildman–Crippen LogP) is 3.94. The number of rotatable bonds is 7. The second-order valence-electron chi connectivity index (χ2n) is 5.15. The number of hydrazone groups is 1. The van der Waals surface area contributed by atoms with E-state index in [-0.39, 0.29) is 5.91 Å². The van der Waals surface area contributed by atoms with E-state index in [0.717, 1.165) is 30.5 Å². The Labute approximate surface area is 132 Å². The predicted molar refractivity (Wildman–Crippen MR) is 90.8 cm³/mol. The summed E-state index contributed by atoms with van der Waals surface area (Å²) in [5.74, 6) is -0.0298. The summed E-state index contributed by atoms with van der Waals surface area (Å²) in [5, 5.41) is 4.26. The highest BCUT2D eigenvalue weighted by Gasteiger charge is 2.03. The Balaban J connectivity index is 1.80. The maximum absolute atomic E-state index is 11.9. The molecular formula is C19H22N2O. The number of benzene rings is 2. The minimum absolute atomic E-state index is 0.0298. The van der Waals surface area contributed by atoms with Crippen molar-refractivity contribution in [3.05, 3.63) is 71.8 Å². The van der Waals surface area contributed by atoms with Crippen molar-refractivity contribution in [2.45, 2.75) is 32.6 Å². The Morgan fingerprint density at radius 3 is 2.27 bits per heavy atom. The molecular weight excluding hydrogens is 272 g/mol. The van der Waals surface area contributed by atoms with Crippen LogP contribution < -0.4 is 5.43 Å². The second-order valence-corrected chi connectivity index (χ2v) is 5.15. The summed E-state index contributed by atoms with van der Waals surface area (Å²) >= 11 is 0. The van der Waals surface area contributed by atoms with Crippen molar-refractivity contribution < 1.29 is 4.79 Å². The first-order valence-electron chi connectivity index (χ1n) is 7.74. The van der Waals surface area contributed by atoms with Crippen LogP contribution in [-0.4, -0.2) is 11.6 Å². The van der Waals surface area contributed by atoms with E-state index in [4.69, 9.17) is 0 Å². The average Bonchev–Trinajstić information content (AvgIpc) is 2.57. The van der Waals surface area contributed by atoms with E-state index in [1.807, 2.05) is 55.5 Å². The van der Waals surface area contributed by atoms with Crippen LogP contribution in [0.1, 0.15) is 37.3 Å². The summed E-state index contributed by atoms with van der Waals surface area (Å²) in [5.41, 5.74) is 5.88. The number of amides is 1. The first-order chi connectivity index (χ1) is 10.8. The molecule has 2 aromatic carbocycles. The SMILES string of the molecule is CC/C(=N/NC(=O)CCCc1ccccc1)c1ccccc1. The monoisotopic (exact) mass is 294 g/mol. The Hall–Kier alpha value is -2.42. The Morgan fingerprint density at radius 1 is 1.00 bits per heavy atom. The molecule has 0 unspecified atom stereocenters. The van der Waals surface area contributed by atoms with Gasteiger partial charge in [-0.25, -0.2) is 5.43 Å². The summed E-state index contributed by atoms with van der Waals surface area (Å²) in [6.07, 6.45) is 3.02. The number of hydrogen-bond donors (Lipinski definition) is 1. The number of carbonyl (C=O) groups excluding carboxylic acids is 1. The molecule has 2 aromatic rings. The van der Waals surface area contributed by atoms with Gasteiger partial charge in [-0.15, -0.1) is 0 Å². The van der Waals surface area contributed by atoms with Gasteiger partial charge < -0.3 is 0 Å². The molecule has 22 heavy (non-hydrogen) atoms. The first-order valence-corrected chi connectivity index (χ1v) is 7.74. The molecule has 0 bridgehead atoms. The van der Waals surface area contributed by atoms with Gasteiger partial charge in [0.25, 0.3) is 0 Å². The topological polar surface area (TPSA) is 41.5 Å². The van der Waals surface area contributed by atoms with Gasteiger partial charge in [0.05, 0.1) is 5.71 Å². The molecule has 0 saturated heterocycles. The lowest BCUT2D eigenvalue weighted by Crippen LogP contribution is -2.19. The normalized spacial score (nSPS) is 11.2. The lowest BCUT2D eigenvalue weighted by molar-refractivity contribution is -0.121. The van der Waals surface area contributed by atoms with Crippen LogP contribution in [0.3, 0.4) is 0 Å². The highest BCUT2D eigenvalue weighted by atomic mass is 16.2. The number of carbonyl (C=O) groups is 1. The van der Waals surface area contributed by atoms with E-state index in [1.165, 1.54) is 5.56 Å². The van der Waals surface area contributed by atoms with Crippen LogP contribution in [-0.2, 0) is 11.2 Å². The van der Waals surface area contributed by atoms with Crippen molar-refractivity contribution in [2.24, 2.45) is 5.10 Å². The first kappa shape index (κ1) is 16.0. The maximum atomic E-state index is 11.9. The third-order valence-electron chi connectivity index (χ3n) is 3.47. The molecule has 0 fully saturated rings. The lowest BCUT2D eigenvalue weighted by Gasteiger charge is -2.05. The molecule has 3 heteroatoms. The molecule has 114 valence electrons. The van der Waals surface area contributed by atoms with Crippen molar-refractivity contribution in [2.75, 3.05) is 0 Å². The summed E-state index contributed by atoms with van der Waals surface area (Å²) in [4.78, 5) is 11.9. The fourth-order valence-electron chi connectivity index (χ4n) is 2.26. The van der Waals surface area contributed by atoms with E-state index in [0.29, 0.717) is 6.42 Å². The van der Waals surface area contributed by atoms with E-state index < -0.39 is 0 Å². The molecule has 1 N–H and O–H groups in total. The third-order valence-corrected chi connectivity index (χ3v) is 3.47. The van der Waals surface area contributed by atoms with E-state index in [2.05, 4.69) is 22.7 Å². The molecule has 2 rings (SSSR count). The molecule has 3 nitrogen and oxygen atoms in total. The fraction of sp³-hybridized carbons (Fsp3) is 0.263. The molecule has 0 spiro atoms. The van der Waals surface area contributed by atoms with Gasteiger partial charge in [0.15, 0.2) is 0 Å². The van der Waals surface area contributed by atoms with Crippen LogP contribution in [0.25, 0.3) is 0 Å². The standard InChI is InChI=1S/C19H22N2O/c1-2-18(17-13-7-4-8-14-17)20-21-19(22)15-9-12-16-10-5-3-6-11-16/h3-8,10-11,13-14H,2,9,12,15H2,1H3,(H,21,22)/b20-18-. The van der Waals surface area contributed by atoms with Crippen LogP contribution in [0.15, 0.2) is 65.8 Å². The van der Waals surface area contributed by atoms with Crippen molar-refractivity contribution in [3.63, 3.8) is 0 Å². The zero-order chi connectivity index (χ0) is 15.6. The molecule has 0 heterocycles. The van der Waals surface area contributed by atoms with Crippen LogP contribution >= 0.6 is 0 Å². The van der Waals surface area contributed by atoms with Crippen molar-refractivity contribution in [1.82, 2.24) is 5.43 Å². The molecule has 0 atom stereocenters. The molecule has 0 aliphatic heterocycles. The summed E-state index contributed by atoms with van der Waals surface area (Å²) < 4.78 is 0. The fourth-order valence-corrected chi connectivity index (χ4v) is 2.26. The summed E-state index contributed by atoms with van der Waals surface area (Å²) in [6, 6.07) is 20.1. The van der Waals surface area contributed by atoms with Crippen molar-refractivity contribution >= 4 is 11.6 Å². The van der Waals surface area contributed by atoms with Gasteiger partial charge in [-0.05, 0) is 30.4 Å². The van der Waals surface area contributed by atoms with Crippen LogP contribution in [0.4, 0.5) is 0 Å². The minimum atomic E-state index is -0.0298. The number of nitrogens with zero attached hydrogens (tertiary/aromatic N) is 1. The number of nitrogens with one attached hydrogen (secondary N) is 1. The van der Waals surface area contributed by atoms with Crippen LogP contribution in [0, 0.1) is 0 Å². The smallest absolute Gasteiger partial charge is 0.240 e. The highest BCUT2D eigenvalue weighted by molar-refractivity contribution is 6.00. The van der Waals surface area contributed by atoms with Gasteiger partial charge in [-0.2, -0.15) is 5.10 Å². The second kappa shape index (κ2) is 8.78. The molecule has 0 saturated carbocycles. The molecule has 0 aromatic heterocycles.